The van der Waals surface area contributed by atoms with Gasteiger partial charge < -0.3 is 4.90 Å². The normalized spacial score (nSPS) is 16.0. The highest BCUT2D eigenvalue weighted by Crippen LogP contribution is 2.26. The van der Waals surface area contributed by atoms with Gasteiger partial charge in [0.2, 0.25) is 10.0 Å². The Morgan fingerprint density at radius 3 is 2.32 bits per heavy atom. The first-order valence-electron chi connectivity index (χ1n) is 9.23. The number of hydrogen-bond acceptors (Lipinski definition) is 4. The number of aryl methyl sites for hydroxylation is 1. The van der Waals surface area contributed by atoms with E-state index in [1.165, 1.54) is 22.5 Å². The Morgan fingerprint density at radius 2 is 1.79 bits per heavy atom. The van der Waals surface area contributed by atoms with Gasteiger partial charge in [0.05, 0.1) is 11.4 Å². The van der Waals surface area contributed by atoms with Gasteiger partial charge in [-0.2, -0.15) is 9.40 Å². The van der Waals surface area contributed by atoms with Crippen LogP contribution in [0.1, 0.15) is 41.6 Å². The zero-order valence-corrected chi connectivity index (χ0v) is 17.3. The molecule has 0 atom stereocenters. The summed E-state index contributed by atoms with van der Waals surface area (Å²) in [5.74, 6) is -0.767. The summed E-state index contributed by atoms with van der Waals surface area (Å²) in [7, 11) is -3.70. The minimum atomic E-state index is -3.70. The van der Waals surface area contributed by atoms with Gasteiger partial charge in [-0.3, -0.25) is 9.48 Å². The van der Waals surface area contributed by atoms with E-state index < -0.39 is 15.8 Å². The Kier molecular flexibility index (Phi) is 5.58. The van der Waals surface area contributed by atoms with Crippen molar-refractivity contribution in [1.82, 2.24) is 19.0 Å². The van der Waals surface area contributed by atoms with Gasteiger partial charge in [-0.1, -0.05) is 6.07 Å². The molecule has 9 heteroatoms. The second kappa shape index (κ2) is 7.63. The molecule has 0 saturated carbocycles. The average molecular weight is 408 g/mol. The van der Waals surface area contributed by atoms with Gasteiger partial charge in [0.15, 0.2) is 0 Å². The van der Waals surface area contributed by atoms with Gasteiger partial charge in [-0.05, 0) is 45.9 Å². The number of hydrogen-bond donors (Lipinski definition) is 0. The quantitative estimate of drug-likeness (QED) is 0.778. The minimum absolute atomic E-state index is 0.0587. The maximum atomic E-state index is 13.4. The van der Waals surface area contributed by atoms with E-state index in [1.54, 1.807) is 29.5 Å². The maximum Gasteiger partial charge on any atom is 0.254 e. The van der Waals surface area contributed by atoms with E-state index in [4.69, 9.17) is 0 Å². The largest absolute Gasteiger partial charge is 0.336 e. The molecule has 0 aliphatic carbocycles. The van der Waals surface area contributed by atoms with E-state index in [-0.39, 0.29) is 48.6 Å². The molecule has 1 aliphatic rings. The van der Waals surface area contributed by atoms with E-state index in [0.717, 1.165) is 0 Å². The molecule has 2 aromatic rings. The highest BCUT2D eigenvalue weighted by molar-refractivity contribution is 7.89. The lowest BCUT2D eigenvalue weighted by atomic mass is 10.2. The van der Waals surface area contributed by atoms with E-state index in [2.05, 4.69) is 5.10 Å². The van der Waals surface area contributed by atoms with Gasteiger partial charge in [0.25, 0.3) is 5.91 Å². The van der Waals surface area contributed by atoms with Crippen LogP contribution in [0.4, 0.5) is 4.39 Å². The molecule has 1 fully saturated rings. The molecule has 0 radical (unpaired) electrons. The summed E-state index contributed by atoms with van der Waals surface area (Å²) in [4.78, 5) is 14.3. The highest BCUT2D eigenvalue weighted by atomic mass is 32.2. The summed E-state index contributed by atoms with van der Waals surface area (Å²) >= 11 is 0. The van der Waals surface area contributed by atoms with Crippen molar-refractivity contribution >= 4 is 15.9 Å². The molecular formula is C19H25FN4O3S. The Hall–Kier alpha value is -2.26. The molecule has 152 valence electrons. The molecule has 1 aromatic carbocycles. The number of sulfonamides is 1. The summed E-state index contributed by atoms with van der Waals surface area (Å²) in [6.45, 7) is 8.25. The lowest BCUT2D eigenvalue weighted by molar-refractivity contribution is 0.0697. The minimum Gasteiger partial charge on any atom is -0.336 e. The van der Waals surface area contributed by atoms with Crippen molar-refractivity contribution < 1.29 is 17.6 Å². The number of nitrogens with zero attached hydrogens (tertiary/aromatic N) is 4. The standard InChI is InChI=1S/C19H25FN4O3S/c1-13(2)24-15(4)18(14(3)21-24)28(26,27)23-10-8-22(9-11-23)19(25)16-6-5-7-17(20)12-16/h5-7,12-13H,8-11H2,1-4H3. The fourth-order valence-electron chi connectivity index (χ4n) is 3.59. The number of carbonyl (C=O) groups excluding carboxylic acids is 1. The molecule has 1 aliphatic heterocycles. The zero-order valence-electron chi connectivity index (χ0n) is 16.5. The third-order valence-electron chi connectivity index (χ3n) is 4.94. The second-order valence-corrected chi connectivity index (χ2v) is 9.12. The number of halogens is 1. The topological polar surface area (TPSA) is 75.5 Å². The van der Waals surface area contributed by atoms with Crippen LogP contribution in [0.25, 0.3) is 0 Å². The van der Waals surface area contributed by atoms with Crippen LogP contribution in [0.5, 0.6) is 0 Å². The molecular weight excluding hydrogens is 383 g/mol. The first-order valence-corrected chi connectivity index (χ1v) is 10.7. The molecule has 1 amide bonds. The van der Waals surface area contributed by atoms with Crippen LogP contribution < -0.4 is 0 Å². The number of aromatic nitrogens is 2. The van der Waals surface area contributed by atoms with Crippen LogP contribution in [0.2, 0.25) is 0 Å². The summed E-state index contributed by atoms with van der Waals surface area (Å²) in [6, 6.07) is 5.58. The molecule has 2 heterocycles. The molecule has 0 bridgehead atoms. The Bertz CT molecular complexity index is 993. The molecule has 1 aromatic heterocycles. The lowest BCUT2D eigenvalue weighted by Gasteiger charge is -2.34. The molecule has 3 rings (SSSR count). The second-order valence-electron chi connectivity index (χ2n) is 7.24. The first kappa shape index (κ1) is 20.5. The summed E-state index contributed by atoms with van der Waals surface area (Å²) in [5.41, 5.74) is 1.36. The van der Waals surface area contributed by atoms with Crippen LogP contribution in [0.15, 0.2) is 29.2 Å². The summed E-state index contributed by atoms with van der Waals surface area (Å²) in [5, 5.41) is 4.37. The van der Waals surface area contributed by atoms with Crippen LogP contribution in [0, 0.1) is 19.7 Å². The molecule has 7 nitrogen and oxygen atoms in total. The van der Waals surface area contributed by atoms with Gasteiger partial charge in [0.1, 0.15) is 10.7 Å². The smallest absolute Gasteiger partial charge is 0.254 e. The summed E-state index contributed by atoms with van der Waals surface area (Å²) in [6.07, 6.45) is 0. The number of benzene rings is 1. The Labute approximate surface area is 164 Å². The fourth-order valence-corrected chi connectivity index (χ4v) is 5.37. The van der Waals surface area contributed by atoms with Crippen molar-refractivity contribution in [3.63, 3.8) is 0 Å². The zero-order chi connectivity index (χ0) is 20.6. The van der Waals surface area contributed by atoms with Gasteiger partial charge >= 0.3 is 0 Å². The van der Waals surface area contributed by atoms with E-state index in [0.29, 0.717) is 11.4 Å². The van der Waals surface area contributed by atoms with Crippen molar-refractivity contribution in [3.8, 4) is 0 Å². The number of piperazine rings is 1. The molecule has 28 heavy (non-hydrogen) atoms. The average Bonchev–Trinajstić information content (AvgIpc) is 2.96. The molecule has 1 saturated heterocycles. The number of amides is 1. The number of carbonyl (C=O) groups is 1. The predicted molar refractivity (Wildman–Crippen MR) is 103 cm³/mol. The Balaban J connectivity index is 1.77. The Morgan fingerprint density at radius 1 is 1.14 bits per heavy atom. The van der Waals surface area contributed by atoms with E-state index in [1.807, 2.05) is 13.8 Å². The third-order valence-corrected chi connectivity index (χ3v) is 7.09. The maximum absolute atomic E-state index is 13.4. The first-order chi connectivity index (χ1) is 13.1. The summed E-state index contributed by atoms with van der Waals surface area (Å²) < 4.78 is 42.8. The molecule has 0 unspecified atom stereocenters. The van der Waals surface area contributed by atoms with Crippen LogP contribution in [-0.4, -0.2) is 59.5 Å². The van der Waals surface area contributed by atoms with Gasteiger partial charge in [0, 0.05) is 37.8 Å². The highest BCUT2D eigenvalue weighted by Gasteiger charge is 2.34. The molecule has 0 spiro atoms. The van der Waals surface area contributed by atoms with Crippen LogP contribution in [0.3, 0.4) is 0 Å². The van der Waals surface area contributed by atoms with Crippen molar-refractivity contribution in [3.05, 3.63) is 47.0 Å². The number of rotatable bonds is 4. The van der Waals surface area contributed by atoms with Crippen molar-refractivity contribution in [1.29, 1.82) is 0 Å². The SMILES string of the molecule is Cc1nn(C(C)C)c(C)c1S(=O)(=O)N1CCN(C(=O)c2cccc(F)c2)CC1. The molecule has 0 N–H and O–H groups in total. The van der Waals surface area contributed by atoms with Crippen molar-refractivity contribution in [2.75, 3.05) is 26.2 Å². The predicted octanol–water partition coefficient (Wildman–Crippen LogP) is 2.37. The van der Waals surface area contributed by atoms with Crippen molar-refractivity contribution in [2.24, 2.45) is 0 Å². The van der Waals surface area contributed by atoms with Crippen LogP contribution >= 0.6 is 0 Å². The monoisotopic (exact) mass is 408 g/mol. The van der Waals surface area contributed by atoms with E-state index in [9.17, 15) is 17.6 Å². The third kappa shape index (κ3) is 3.68. The van der Waals surface area contributed by atoms with Crippen LogP contribution in [-0.2, 0) is 10.0 Å². The van der Waals surface area contributed by atoms with Gasteiger partial charge in [-0.25, -0.2) is 12.8 Å². The van der Waals surface area contributed by atoms with E-state index >= 15 is 0 Å². The fraction of sp³-hybridized carbons (Fsp3) is 0.474. The van der Waals surface area contributed by atoms with Crippen molar-refractivity contribution in [2.45, 2.75) is 38.6 Å². The lowest BCUT2D eigenvalue weighted by Crippen LogP contribution is -2.50. The van der Waals surface area contributed by atoms with Gasteiger partial charge in [-0.15, -0.1) is 0 Å².